The van der Waals surface area contributed by atoms with E-state index in [9.17, 15) is 0 Å². The van der Waals surface area contributed by atoms with Gasteiger partial charge in [-0.3, -0.25) is 0 Å². The van der Waals surface area contributed by atoms with Gasteiger partial charge in [0, 0.05) is 6.54 Å². The molecular weight excluding hydrogens is 296 g/mol. The Bertz CT molecular complexity index is 525. The summed E-state index contributed by atoms with van der Waals surface area (Å²) in [7, 11) is 1.64. The average Bonchev–Trinajstić information content (AvgIpc) is 2.84. The Hall–Kier alpha value is -1.49. The Morgan fingerprint density at radius 2 is 2.22 bits per heavy atom. The highest BCUT2D eigenvalue weighted by atomic mass is 79.9. The number of benzene rings is 1. The molecule has 2 aromatic rings. The van der Waals surface area contributed by atoms with E-state index in [1.807, 2.05) is 30.7 Å². The third-order valence-corrected chi connectivity index (χ3v) is 3.27. The molecule has 0 amide bonds. The van der Waals surface area contributed by atoms with Crippen LogP contribution in [0.2, 0.25) is 0 Å². The number of imidazole rings is 1. The number of methoxy groups -OCH3 is 1. The molecule has 0 atom stereocenters. The van der Waals surface area contributed by atoms with Crippen LogP contribution in [0.5, 0.6) is 11.5 Å². The minimum atomic E-state index is 0.499. The van der Waals surface area contributed by atoms with E-state index in [2.05, 4.69) is 32.4 Å². The van der Waals surface area contributed by atoms with Gasteiger partial charge >= 0.3 is 0 Å². The Morgan fingerprint density at radius 1 is 1.39 bits per heavy atom. The van der Waals surface area contributed by atoms with Gasteiger partial charge < -0.3 is 14.0 Å². The standard InChI is InChI=1S/C13H15BrN2O2/c1-3-16-9-15-7-10(16)8-18-13-5-4-11(17-2)6-12(13)14/h4-7,9H,3,8H2,1-2H3. The van der Waals surface area contributed by atoms with Crippen molar-refractivity contribution in [2.45, 2.75) is 20.1 Å². The van der Waals surface area contributed by atoms with E-state index in [0.29, 0.717) is 6.61 Å². The quantitative estimate of drug-likeness (QED) is 0.850. The van der Waals surface area contributed by atoms with Gasteiger partial charge in [0.15, 0.2) is 0 Å². The minimum absolute atomic E-state index is 0.499. The lowest BCUT2D eigenvalue weighted by molar-refractivity contribution is 0.293. The highest BCUT2D eigenvalue weighted by Gasteiger charge is 2.05. The zero-order valence-electron chi connectivity index (χ0n) is 10.4. The van der Waals surface area contributed by atoms with E-state index in [1.165, 1.54) is 0 Å². The van der Waals surface area contributed by atoms with Crippen LogP contribution in [-0.2, 0) is 13.2 Å². The van der Waals surface area contributed by atoms with Crippen molar-refractivity contribution < 1.29 is 9.47 Å². The molecule has 0 saturated heterocycles. The third kappa shape index (κ3) is 2.85. The molecule has 0 aliphatic heterocycles. The first-order valence-corrected chi connectivity index (χ1v) is 6.49. The topological polar surface area (TPSA) is 36.3 Å². The van der Waals surface area contributed by atoms with E-state index >= 15 is 0 Å². The normalized spacial score (nSPS) is 10.4. The Kier molecular flexibility index (Phi) is 4.25. The van der Waals surface area contributed by atoms with Gasteiger partial charge in [-0.05, 0) is 41.1 Å². The fraction of sp³-hybridized carbons (Fsp3) is 0.308. The molecule has 0 fully saturated rings. The summed E-state index contributed by atoms with van der Waals surface area (Å²) < 4.78 is 13.8. The first-order valence-electron chi connectivity index (χ1n) is 5.70. The smallest absolute Gasteiger partial charge is 0.134 e. The number of rotatable bonds is 5. The summed E-state index contributed by atoms with van der Waals surface area (Å²) >= 11 is 3.46. The molecule has 0 radical (unpaired) electrons. The molecule has 1 aromatic carbocycles. The van der Waals surface area contributed by atoms with E-state index < -0.39 is 0 Å². The van der Waals surface area contributed by atoms with Gasteiger partial charge in [-0.25, -0.2) is 4.98 Å². The third-order valence-electron chi connectivity index (χ3n) is 2.65. The zero-order valence-corrected chi connectivity index (χ0v) is 12.0. The maximum Gasteiger partial charge on any atom is 0.134 e. The van der Waals surface area contributed by atoms with Crippen LogP contribution in [0.4, 0.5) is 0 Å². The van der Waals surface area contributed by atoms with Crippen molar-refractivity contribution in [1.82, 2.24) is 9.55 Å². The fourth-order valence-electron chi connectivity index (χ4n) is 1.63. The summed E-state index contributed by atoms with van der Waals surface area (Å²) in [5, 5.41) is 0. The average molecular weight is 311 g/mol. The van der Waals surface area contributed by atoms with Crippen molar-refractivity contribution in [3.63, 3.8) is 0 Å². The van der Waals surface area contributed by atoms with Crippen LogP contribution < -0.4 is 9.47 Å². The van der Waals surface area contributed by atoms with Crippen molar-refractivity contribution in [3.05, 3.63) is 40.9 Å². The van der Waals surface area contributed by atoms with E-state index in [4.69, 9.17) is 9.47 Å². The van der Waals surface area contributed by atoms with E-state index in [-0.39, 0.29) is 0 Å². The first kappa shape index (κ1) is 13.0. The molecule has 0 N–H and O–H groups in total. The van der Waals surface area contributed by atoms with Gasteiger partial charge in [0.1, 0.15) is 18.1 Å². The predicted octanol–water partition coefficient (Wildman–Crippen LogP) is 3.25. The summed E-state index contributed by atoms with van der Waals surface area (Å²) in [6, 6.07) is 5.64. The number of nitrogens with zero attached hydrogens (tertiary/aromatic N) is 2. The second kappa shape index (κ2) is 5.91. The molecule has 0 aliphatic carbocycles. The van der Waals surface area contributed by atoms with Crippen LogP contribution in [0, 0.1) is 0 Å². The van der Waals surface area contributed by atoms with Crippen molar-refractivity contribution in [2.75, 3.05) is 7.11 Å². The number of aryl methyl sites for hydroxylation is 1. The number of hydrogen-bond donors (Lipinski definition) is 0. The van der Waals surface area contributed by atoms with Crippen LogP contribution in [0.3, 0.4) is 0 Å². The molecular formula is C13H15BrN2O2. The summed E-state index contributed by atoms with van der Waals surface area (Å²) in [6.07, 6.45) is 3.63. The molecule has 2 rings (SSSR count). The van der Waals surface area contributed by atoms with Gasteiger partial charge in [0.2, 0.25) is 0 Å². The monoisotopic (exact) mass is 310 g/mol. The number of ether oxygens (including phenoxy) is 2. The first-order chi connectivity index (χ1) is 8.74. The highest BCUT2D eigenvalue weighted by Crippen LogP contribution is 2.29. The summed E-state index contributed by atoms with van der Waals surface area (Å²) in [4.78, 5) is 4.11. The fourth-order valence-corrected chi connectivity index (χ4v) is 2.10. The highest BCUT2D eigenvalue weighted by molar-refractivity contribution is 9.10. The lowest BCUT2D eigenvalue weighted by Gasteiger charge is -2.10. The molecule has 96 valence electrons. The molecule has 0 spiro atoms. The molecule has 18 heavy (non-hydrogen) atoms. The molecule has 0 saturated carbocycles. The lowest BCUT2D eigenvalue weighted by Crippen LogP contribution is -2.04. The molecule has 1 aromatic heterocycles. The van der Waals surface area contributed by atoms with Gasteiger partial charge in [0.05, 0.1) is 29.8 Å². The van der Waals surface area contributed by atoms with E-state index in [0.717, 1.165) is 28.2 Å². The summed E-state index contributed by atoms with van der Waals surface area (Å²) in [5.41, 5.74) is 1.06. The molecule has 1 heterocycles. The van der Waals surface area contributed by atoms with Crippen LogP contribution in [0.1, 0.15) is 12.6 Å². The Labute approximate surface area is 115 Å². The number of hydrogen-bond acceptors (Lipinski definition) is 3. The van der Waals surface area contributed by atoms with Gasteiger partial charge in [-0.1, -0.05) is 0 Å². The van der Waals surface area contributed by atoms with Gasteiger partial charge in [-0.15, -0.1) is 0 Å². The van der Waals surface area contributed by atoms with Crippen molar-refractivity contribution >= 4 is 15.9 Å². The lowest BCUT2D eigenvalue weighted by atomic mass is 10.3. The van der Waals surface area contributed by atoms with Crippen molar-refractivity contribution in [1.29, 1.82) is 0 Å². The second-order valence-corrected chi connectivity index (χ2v) is 4.61. The summed E-state index contributed by atoms with van der Waals surface area (Å²) in [6.45, 7) is 3.47. The zero-order chi connectivity index (χ0) is 13.0. The second-order valence-electron chi connectivity index (χ2n) is 3.76. The predicted molar refractivity (Wildman–Crippen MR) is 72.9 cm³/mol. The molecule has 0 bridgehead atoms. The van der Waals surface area contributed by atoms with E-state index in [1.54, 1.807) is 7.11 Å². The van der Waals surface area contributed by atoms with Crippen molar-refractivity contribution in [3.8, 4) is 11.5 Å². The molecule has 5 heteroatoms. The van der Waals surface area contributed by atoms with Gasteiger partial charge in [0.25, 0.3) is 0 Å². The largest absolute Gasteiger partial charge is 0.497 e. The van der Waals surface area contributed by atoms with Crippen molar-refractivity contribution in [2.24, 2.45) is 0 Å². The minimum Gasteiger partial charge on any atom is -0.497 e. The maximum absolute atomic E-state index is 5.76. The summed E-state index contributed by atoms with van der Waals surface area (Å²) in [5.74, 6) is 1.59. The molecule has 0 aliphatic rings. The SMILES string of the molecule is CCn1cncc1COc1ccc(OC)cc1Br. The van der Waals surface area contributed by atoms with Crippen LogP contribution in [0.25, 0.3) is 0 Å². The number of aromatic nitrogens is 2. The maximum atomic E-state index is 5.76. The van der Waals surface area contributed by atoms with Crippen LogP contribution >= 0.6 is 15.9 Å². The molecule has 0 unspecified atom stereocenters. The number of halogens is 1. The Balaban J connectivity index is 2.06. The molecule has 4 nitrogen and oxygen atoms in total. The van der Waals surface area contributed by atoms with Crippen LogP contribution in [-0.4, -0.2) is 16.7 Å². The Morgan fingerprint density at radius 3 is 2.89 bits per heavy atom. The van der Waals surface area contributed by atoms with Crippen LogP contribution in [0.15, 0.2) is 35.2 Å². The van der Waals surface area contributed by atoms with Gasteiger partial charge in [-0.2, -0.15) is 0 Å².